The van der Waals surface area contributed by atoms with E-state index in [0.717, 1.165) is 5.56 Å². The van der Waals surface area contributed by atoms with Crippen molar-refractivity contribution in [3.63, 3.8) is 0 Å². The summed E-state index contributed by atoms with van der Waals surface area (Å²) in [7, 11) is 4.07. The fourth-order valence-electron chi connectivity index (χ4n) is 1.17. The molecule has 96 valence electrons. The highest BCUT2D eigenvalue weighted by Crippen LogP contribution is 2.17. The van der Waals surface area contributed by atoms with Gasteiger partial charge >= 0.3 is 0 Å². The van der Waals surface area contributed by atoms with E-state index < -0.39 is 0 Å². The Labute approximate surface area is 104 Å². The van der Waals surface area contributed by atoms with Crippen LogP contribution in [0, 0.1) is 0 Å². The van der Waals surface area contributed by atoms with E-state index in [9.17, 15) is 0 Å². The van der Waals surface area contributed by atoms with E-state index in [4.69, 9.17) is 10.5 Å². The normalized spacial score (nSPS) is 13.8. The standard InChI is InChI=1S/C13H23N3O/c1-10(14)11-6-7-15-12(8-11)17-9-13(2,3)16(4)5/h6-8,10H,9,14H2,1-5H3/t10-/m1/s1. The lowest BCUT2D eigenvalue weighted by atomic mass is 10.1. The highest BCUT2D eigenvalue weighted by atomic mass is 16.5. The number of nitrogens with two attached hydrogens (primary N) is 1. The van der Waals surface area contributed by atoms with Crippen LogP contribution in [0.4, 0.5) is 0 Å². The number of hydrogen-bond acceptors (Lipinski definition) is 4. The van der Waals surface area contributed by atoms with Crippen LogP contribution in [0.1, 0.15) is 32.4 Å². The summed E-state index contributed by atoms with van der Waals surface area (Å²) >= 11 is 0. The van der Waals surface area contributed by atoms with Gasteiger partial charge in [-0.25, -0.2) is 4.98 Å². The van der Waals surface area contributed by atoms with Crippen LogP contribution in [0.25, 0.3) is 0 Å². The smallest absolute Gasteiger partial charge is 0.213 e. The van der Waals surface area contributed by atoms with Crippen molar-refractivity contribution in [2.24, 2.45) is 5.73 Å². The molecule has 1 aromatic heterocycles. The van der Waals surface area contributed by atoms with Crippen molar-refractivity contribution in [2.75, 3.05) is 20.7 Å². The average molecular weight is 237 g/mol. The van der Waals surface area contributed by atoms with Gasteiger partial charge in [-0.15, -0.1) is 0 Å². The van der Waals surface area contributed by atoms with E-state index >= 15 is 0 Å². The number of pyridine rings is 1. The lowest BCUT2D eigenvalue weighted by Gasteiger charge is -2.31. The van der Waals surface area contributed by atoms with E-state index in [0.29, 0.717) is 12.5 Å². The average Bonchev–Trinajstić information content (AvgIpc) is 2.26. The van der Waals surface area contributed by atoms with Gasteiger partial charge in [0.2, 0.25) is 5.88 Å². The van der Waals surface area contributed by atoms with Crippen LogP contribution in [0.15, 0.2) is 18.3 Å². The number of rotatable bonds is 5. The Morgan fingerprint density at radius 3 is 2.65 bits per heavy atom. The molecule has 0 aromatic carbocycles. The van der Waals surface area contributed by atoms with Crippen molar-refractivity contribution in [2.45, 2.75) is 32.4 Å². The van der Waals surface area contributed by atoms with Crippen molar-refractivity contribution in [1.82, 2.24) is 9.88 Å². The summed E-state index contributed by atoms with van der Waals surface area (Å²) in [6, 6.07) is 3.81. The third-order valence-corrected chi connectivity index (χ3v) is 3.07. The first kappa shape index (κ1) is 13.9. The molecule has 0 aliphatic carbocycles. The number of likely N-dealkylation sites (N-methyl/N-ethyl adjacent to an activating group) is 1. The Morgan fingerprint density at radius 2 is 2.12 bits per heavy atom. The minimum Gasteiger partial charge on any atom is -0.476 e. The molecule has 0 spiro atoms. The van der Waals surface area contributed by atoms with Gasteiger partial charge in [0.25, 0.3) is 0 Å². The lowest BCUT2D eigenvalue weighted by Crippen LogP contribution is -2.43. The molecule has 17 heavy (non-hydrogen) atoms. The van der Waals surface area contributed by atoms with Gasteiger partial charge in [0, 0.05) is 23.8 Å². The quantitative estimate of drug-likeness (QED) is 0.848. The second-order valence-electron chi connectivity index (χ2n) is 5.21. The van der Waals surface area contributed by atoms with Gasteiger partial charge in [-0.2, -0.15) is 0 Å². The second-order valence-corrected chi connectivity index (χ2v) is 5.21. The van der Waals surface area contributed by atoms with Crippen LogP contribution >= 0.6 is 0 Å². The van der Waals surface area contributed by atoms with E-state index in [2.05, 4.69) is 23.7 Å². The zero-order valence-electron chi connectivity index (χ0n) is 11.4. The molecule has 0 bridgehead atoms. The molecule has 1 aromatic rings. The van der Waals surface area contributed by atoms with Crippen molar-refractivity contribution in [3.05, 3.63) is 23.9 Å². The fraction of sp³-hybridized carbons (Fsp3) is 0.615. The van der Waals surface area contributed by atoms with Gasteiger partial charge in [0.15, 0.2) is 0 Å². The lowest BCUT2D eigenvalue weighted by molar-refractivity contribution is 0.111. The van der Waals surface area contributed by atoms with Gasteiger partial charge in [0.1, 0.15) is 6.61 Å². The summed E-state index contributed by atoms with van der Waals surface area (Å²) in [6.45, 7) is 6.79. The maximum atomic E-state index is 5.82. The summed E-state index contributed by atoms with van der Waals surface area (Å²) in [5, 5.41) is 0. The third-order valence-electron chi connectivity index (χ3n) is 3.07. The third kappa shape index (κ3) is 3.98. The molecule has 0 saturated heterocycles. The van der Waals surface area contributed by atoms with Crippen LogP contribution in [-0.4, -0.2) is 36.1 Å². The molecule has 0 amide bonds. The molecule has 2 N–H and O–H groups in total. The minimum atomic E-state index is -0.0218. The predicted octanol–water partition coefficient (Wildman–Crippen LogP) is 1.82. The topological polar surface area (TPSA) is 51.4 Å². The van der Waals surface area contributed by atoms with Gasteiger partial charge in [-0.3, -0.25) is 0 Å². The highest BCUT2D eigenvalue weighted by molar-refractivity contribution is 5.22. The molecule has 1 heterocycles. The summed E-state index contributed by atoms with van der Waals surface area (Å²) in [6.07, 6.45) is 1.73. The van der Waals surface area contributed by atoms with Crippen LogP contribution < -0.4 is 10.5 Å². The molecular formula is C13H23N3O. The molecule has 0 aliphatic heterocycles. The molecule has 0 unspecified atom stereocenters. The van der Waals surface area contributed by atoms with Crippen molar-refractivity contribution in [1.29, 1.82) is 0 Å². The predicted molar refractivity (Wildman–Crippen MR) is 70.1 cm³/mol. The highest BCUT2D eigenvalue weighted by Gasteiger charge is 2.21. The number of hydrogen-bond donors (Lipinski definition) is 1. The number of nitrogens with zero attached hydrogens (tertiary/aromatic N) is 2. The molecule has 0 radical (unpaired) electrons. The summed E-state index contributed by atoms with van der Waals surface area (Å²) < 4.78 is 5.71. The van der Waals surface area contributed by atoms with E-state index in [1.54, 1.807) is 6.20 Å². The monoisotopic (exact) mass is 237 g/mol. The van der Waals surface area contributed by atoms with Crippen LogP contribution in [-0.2, 0) is 0 Å². The SMILES string of the molecule is C[C@@H](N)c1ccnc(OCC(C)(C)N(C)C)c1. The fourth-order valence-corrected chi connectivity index (χ4v) is 1.17. The number of ether oxygens (including phenoxy) is 1. The molecule has 1 atom stereocenters. The maximum absolute atomic E-state index is 5.82. The maximum Gasteiger partial charge on any atom is 0.213 e. The Bertz CT molecular complexity index is 361. The van der Waals surface area contributed by atoms with Gasteiger partial charge in [0.05, 0.1) is 0 Å². The van der Waals surface area contributed by atoms with Gasteiger partial charge < -0.3 is 15.4 Å². The minimum absolute atomic E-state index is 0.00205. The molecular weight excluding hydrogens is 214 g/mol. The van der Waals surface area contributed by atoms with E-state index in [1.807, 2.05) is 33.2 Å². The molecule has 4 heteroatoms. The van der Waals surface area contributed by atoms with Crippen molar-refractivity contribution < 1.29 is 4.74 Å². The van der Waals surface area contributed by atoms with Crippen LogP contribution in [0.3, 0.4) is 0 Å². The Kier molecular flexibility index (Phi) is 4.48. The van der Waals surface area contributed by atoms with Gasteiger partial charge in [-0.05, 0) is 46.5 Å². The summed E-state index contributed by atoms with van der Waals surface area (Å²) in [5.74, 6) is 0.634. The summed E-state index contributed by atoms with van der Waals surface area (Å²) in [4.78, 5) is 6.32. The Morgan fingerprint density at radius 1 is 1.47 bits per heavy atom. The zero-order valence-corrected chi connectivity index (χ0v) is 11.4. The van der Waals surface area contributed by atoms with Gasteiger partial charge in [-0.1, -0.05) is 0 Å². The Hall–Kier alpha value is -1.13. The van der Waals surface area contributed by atoms with E-state index in [1.165, 1.54) is 0 Å². The van der Waals surface area contributed by atoms with Crippen molar-refractivity contribution in [3.8, 4) is 5.88 Å². The first-order valence-corrected chi connectivity index (χ1v) is 5.84. The first-order valence-electron chi connectivity index (χ1n) is 5.84. The van der Waals surface area contributed by atoms with Crippen LogP contribution in [0.5, 0.6) is 5.88 Å². The molecule has 0 saturated carbocycles. The Balaban J connectivity index is 2.67. The largest absolute Gasteiger partial charge is 0.476 e. The first-order chi connectivity index (χ1) is 7.83. The second kappa shape index (κ2) is 5.47. The summed E-state index contributed by atoms with van der Waals surface area (Å²) in [5.41, 5.74) is 6.84. The molecule has 1 rings (SSSR count). The zero-order chi connectivity index (χ0) is 13.1. The molecule has 0 aliphatic rings. The molecule has 4 nitrogen and oxygen atoms in total. The van der Waals surface area contributed by atoms with E-state index in [-0.39, 0.29) is 11.6 Å². The number of aromatic nitrogens is 1. The van der Waals surface area contributed by atoms with Crippen molar-refractivity contribution >= 4 is 0 Å². The molecule has 0 fully saturated rings. The van der Waals surface area contributed by atoms with Crippen LogP contribution in [0.2, 0.25) is 0 Å².